The highest BCUT2D eigenvalue weighted by atomic mass is 19.1. The van der Waals surface area contributed by atoms with Gasteiger partial charge >= 0.3 is 18.0 Å². The maximum Gasteiger partial charge on any atom is 0.326 e. The molecule has 0 unspecified atom stereocenters. The summed E-state index contributed by atoms with van der Waals surface area (Å²) in [4.78, 5) is 47.0. The lowest BCUT2D eigenvalue weighted by Crippen LogP contribution is -2.42. The zero-order valence-corrected chi connectivity index (χ0v) is 17.1. The van der Waals surface area contributed by atoms with Gasteiger partial charge in [0, 0.05) is 5.69 Å². The van der Waals surface area contributed by atoms with Crippen LogP contribution in [0.4, 0.5) is 20.6 Å². The number of rotatable bonds is 7. The summed E-state index contributed by atoms with van der Waals surface area (Å²) >= 11 is 0. The summed E-state index contributed by atoms with van der Waals surface area (Å²) in [5.74, 6) is -4.69. The zero-order valence-electron chi connectivity index (χ0n) is 17.1. The van der Waals surface area contributed by atoms with Crippen molar-refractivity contribution in [1.82, 2.24) is 5.32 Å². The second-order valence-corrected chi connectivity index (χ2v) is 7.00. The number of carbonyl (C=O) groups excluding carboxylic acids is 2. The maximum absolute atomic E-state index is 13.7. The van der Waals surface area contributed by atoms with E-state index in [-0.39, 0.29) is 11.3 Å². The molecule has 0 radical (unpaired) electrons. The monoisotopic (exact) mass is 431 g/mol. The Balaban J connectivity index is 2.25. The first-order valence-corrected chi connectivity index (χ1v) is 9.18. The van der Waals surface area contributed by atoms with E-state index in [0.29, 0.717) is 5.69 Å². The fourth-order valence-electron chi connectivity index (χ4n) is 3.07. The second-order valence-electron chi connectivity index (χ2n) is 7.00. The number of nitrogens with one attached hydrogen (secondary N) is 3. The van der Waals surface area contributed by atoms with Crippen molar-refractivity contribution in [3.8, 4) is 0 Å². The van der Waals surface area contributed by atoms with Gasteiger partial charge in [-0.3, -0.25) is 9.59 Å². The van der Waals surface area contributed by atoms with Crippen LogP contribution in [0.15, 0.2) is 30.3 Å². The van der Waals surface area contributed by atoms with Crippen molar-refractivity contribution in [3.05, 3.63) is 58.4 Å². The molecule has 0 saturated carbocycles. The summed E-state index contributed by atoms with van der Waals surface area (Å²) in [7, 11) is 0. The molecule has 9 nitrogen and oxygen atoms in total. The molecule has 0 aliphatic carbocycles. The number of amides is 3. The van der Waals surface area contributed by atoms with Crippen LogP contribution in [0.3, 0.4) is 0 Å². The van der Waals surface area contributed by atoms with Gasteiger partial charge in [-0.05, 0) is 50.1 Å². The molecule has 164 valence electrons. The first kappa shape index (κ1) is 23.3. The lowest BCUT2D eigenvalue weighted by atomic mass is 10.1. The highest BCUT2D eigenvalue weighted by Gasteiger charge is 2.25. The van der Waals surface area contributed by atoms with Gasteiger partial charge in [-0.1, -0.05) is 17.7 Å². The van der Waals surface area contributed by atoms with Crippen LogP contribution in [-0.2, 0) is 9.59 Å². The van der Waals surface area contributed by atoms with Gasteiger partial charge in [0.05, 0.1) is 17.7 Å². The molecule has 0 spiro atoms. The van der Waals surface area contributed by atoms with Crippen LogP contribution in [-0.4, -0.2) is 40.1 Å². The molecule has 0 heterocycles. The van der Waals surface area contributed by atoms with Gasteiger partial charge in [0.15, 0.2) is 0 Å². The molecule has 0 aliphatic heterocycles. The average Bonchev–Trinajstić information content (AvgIpc) is 2.63. The molecule has 3 amide bonds. The van der Waals surface area contributed by atoms with E-state index in [9.17, 15) is 23.6 Å². The number of carbonyl (C=O) groups is 4. The van der Waals surface area contributed by atoms with Crippen LogP contribution in [0.1, 0.15) is 33.5 Å². The topological polar surface area (TPSA) is 145 Å². The predicted molar refractivity (Wildman–Crippen MR) is 111 cm³/mol. The average molecular weight is 431 g/mol. The molecule has 2 rings (SSSR count). The quantitative estimate of drug-likeness (QED) is 0.456. The summed E-state index contributed by atoms with van der Waals surface area (Å²) in [6.45, 7) is 5.53. The molecular formula is C21H22FN3O6. The van der Waals surface area contributed by atoms with Crippen molar-refractivity contribution in [1.29, 1.82) is 0 Å². The van der Waals surface area contributed by atoms with Gasteiger partial charge in [-0.25, -0.2) is 14.0 Å². The first-order chi connectivity index (χ1) is 14.5. The molecular weight excluding hydrogens is 409 g/mol. The Morgan fingerprint density at radius 2 is 1.58 bits per heavy atom. The molecule has 0 aromatic heterocycles. The molecule has 1 atom stereocenters. The predicted octanol–water partition coefficient (Wildman–Crippen LogP) is 3.05. The standard InChI is InChI=1S/C21H22FN3O6/c1-10-6-11(2)18(12(3)7-10)25-21(31)24-15-8-13(22)4-5-14(15)19(28)23-16(20(29)30)9-17(26)27/h4-8,16H,9H2,1-3H3,(H,23,28)(H,26,27)(H,29,30)(H2,24,25,31)/t16-/m0/s1. The van der Waals surface area contributed by atoms with Crippen molar-refractivity contribution in [2.75, 3.05) is 10.6 Å². The molecule has 0 bridgehead atoms. The van der Waals surface area contributed by atoms with Crippen molar-refractivity contribution < 1.29 is 33.8 Å². The number of hydrogen-bond donors (Lipinski definition) is 5. The Labute approximate surface area is 177 Å². The van der Waals surface area contributed by atoms with Crippen LogP contribution < -0.4 is 16.0 Å². The minimum Gasteiger partial charge on any atom is -0.481 e. The lowest BCUT2D eigenvalue weighted by Gasteiger charge is -2.17. The van der Waals surface area contributed by atoms with Gasteiger partial charge in [-0.2, -0.15) is 0 Å². The molecule has 0 saturated heterocycles. The number of halogens is 1. The molecule has 5 N–H and O–H groups in total. The normalized spacial score (nSPS) is 11.4. The van der Waals surface area contributed by atoms with Gasteiger partial charge in [0.1, 0.15) is 11.9 Å². The second kappa shape index (κ2) is 9.70. The van der Waals surface area contributed by atoms with Crippen LogP contribution in [0.25, 0.3) is 0 Å². The van der Waals surface area contributed by atoms with Crippen LogP contribution >= 0.6 is 0 Å². The van der Waals surface area contributed by atoms with Crippen LogP contribution in [0, 0.1) is 26.6 Å². The van der Waals surface area contributed by atoms with Crippen LogP contribution in [0.5, 0.6) is 0 Å². The summed E-state index contributed by atoms with van der Waals surface area (Å²) < 4.78 is 13.7. The number of carboxylic acid groups (broad SMARTS) is 2. The van der Waals surface area contributed by atoms with Gasteiger partial charge < -0.3 is 26.2 Å². The highest BCUT2D eigenvalue weighted by Crippen LogP contribution is 2.23. The third-order valence-corrected chi connectivity index (χ3v) is 4.37. The zero-order chi connectivity index (χ0) is 23.3. The van der Waals surface area contributed by atoms with E-state index in [0.717, 1.165) is 34.9 Å². The highest BCUT2D eigenvalue weighted by molar-refractivity contribution is 6.07. The smallest absolute Gasteiger partial charge is 0.326 e. The maximum atomic E-state index is 13.7. The number of anilines is 2. The molecule has 0 fully saturated rings. The van der Waals surface area contributed by atoms with E-state index in [1.54, 1.807) is 0 Å². The number of urea groups is 1. The van der Waals surface area contributed by atoms with E-state index in [1.165, 1.54) is 0 Å². The van der Waals surface area contributed by atoms with Crippen molar-refractivity contribution in [3.63, 3.8) is 0 Å². The molecule has 0 aliphatic rings. The summed E-state index contributed by atoms with van der Waals surface area (Å²) in [5.41, 5.74) is 2.74. The number of benzene rings is 2. The van der Waals surface area contributed by atoms with Gasteiger partial charge in [0.25, 0.3) is 5.91 Å². The Morgan fingerprint density at radius 1 is 0.968 bits per heavy atom. The summed E-state index contributed by atoms with van der Waals surface area (Å²) in [6.07, 6.45) is -0.850. The van der Waals surface area contributed by atoms with Crippen molar-refractivity contribution in [2.45, 2.75) is 33.2 Å². The van der Waals surface area contributed by atoms with E-state index >= 15 is 0 Å². The minimum atomic E-state index is -1.70. The Hall–Kier alpha value is -3.95. The number of carboxylic acids is 2. The van der Waals surface area contributed by atoms with Crippen molar-refractivity contribution >= 4 is 35.3 Å². The fraction of sp³-hybridized carbons (Fsp3) is 0.238. The van der Waals surface area contributed by atoms with E-state index in [4.69, 9.17) is 10.2 Å². The Kier molecular flexibility index (Phi) is 7.30. The van der Waals surface area contributed by atoms with E-state index in [1.807, 2.05) is 32.9 Å². The van der Waals surface area contributed by atoms with Gasteiger partial charge in [0.2, 0.25) is 0 Å². The van der Waals surface area contributed by atoms with Crippen LogP contribution in [0.2, 0.25) is 0 Å². The Bertz CT molecular complexity index is 1030. The summed E-state index contributed by atoms with van der Waals surface area (Å²) in [6, 6.07) is 4.22. The number of hydrogen-bond acceptors (Lipinski definition) is 4. The lowest BCUT2D eigenvalue weighted by molar-refractivity contribution is -0.145. The third kappa shape index (κ3) is 6.26. The molecule has 10 heteroatoms. The van der Waals surface area contributed by atoms with E-state index < -0.39 is 42.2 Å². The largest absolute Gasteiger partial charge is 0.481 e. The van der Waals surface area contributed by atoms with Crippen molar-refractivity contribution in [2.24, 2.45) is 0 Å². The molecule has 2 aromatic rings. The first-order valence-electron chi connectivity index (χ1n) is 9.18. The molecule has 31 heavy (non-hydrogen) atoms. The number of aliphatic carboxylic acids is 2. The number of aryl methyl sites for hydroxylation is 3. The van der Waals surface area contributed by atoms with Gasteiger partial charge in [-0.15, -0.1) is 0 Å². The SMILES string of the molecule is Cc1cc(C)c(NC(=O)Nc2cc(F)ccc2C(=O)N[C@@H](CC(=O)O)C(=O)O)c(C)c1. The minimum absolute atomic E-state index is 0.211. The third-order valence-electron chi connectivity index (χ3n) is 4.37. The Morgan fingerprint density at radius 3 is 2.13 bits per heavy atom. The fourth-order valence-corrected chi connectivity index (χ4v) is 3.07. The van der Waals surface area contributed by atoms with E-state index in [2.05, 4.69) is 16.0 Å². The summed E-state index contributed by atoms with van der Waals surface area (Å²) in [5, 5.41) is 25.0. The molecule has 2 aromatic carbocycles.